The van der Waals surface area contributed by atoms with Crippen molar-refractivity contribution in [3.05, 3.63) is 102 Å². The average Bonchev–Trinajstić information content (AvgIpc) is 2.76. The third-order valence-corrected chi connectivity index (χ3v) is 4.35. The molecule has 0 fully saturated rings. The standard InChI is InChI=1S/C24H25NO3/c26-16-24(28-18-21-12-6-2-7-13-21)23(25-22-14-8-3-9-15-22)19-27-17-20-10-4-1-5-11-20/h1-16,23-25H,17-19H2/t23-,24-/m1/s1. The summed E-state index contributed by atoms with van der Waals surface area (Å²) in [7, 11) is 0. The minimum absolute atomic E-state index is 0.299. The maximum atomic E-state index is 11.8. The molecule has 4 heteroatoms. The van der Waals surface area contributed by atoms with E-state index in [-0.39, 0.29) is 6.04 Å². The number of nitrogens with one attached hydrogen (secondary N) is 1. The van der Waals surface area contributed by atoms with Crippen LogP contribution in [0.2, 0.25) is 0 Å². The molecular formula is C24H25NO3. The van der Waals surface area contributed by atoms with E-state index in [2.05, 4.69) is 5.32 Å². The Bertz CT molecular complexity index is 809. The summed E-state index contributed by atoms with van der Waals surface area (Å²) in [6.07, 6.45) is 0.214. The number of hydrogen-bond donors (Lipinski definition) is 1. The van der Waals surface area contributed by atoms with Gasteiger partial charge in [0.15, 0.2) is 6.29 Å². The van der Waals surface area contributed by atoms with Crippen LogP contribution in [0.5, 0.6) is 0 Å². The zero-order valence-corrected chi connectivity index (χ0v) is 15.7. The van der Waals surface area contributed by atoms with E-state index in [9.17, 15) is 4.79 Å². The molecule has 3 aromatic rings. The van der Waals surface area contributed by atoms with Gasteiger partial charge in [-0.1, -0.05) is 78.9 Å². The van der Waals surface area contributed by atoms with Crippen molar-refractivity contribution in [1.82, 2.24) is 0 Å². The Morgan fingerprint density at radius 3 is 1.86 bits per heavy atom. The molecule has 3 rings (SSSR count). The van der Waals surface area contributed by atoms with Crippen molar-refractivity contribution in [2.75, 3.05) is 11.9 Å². The predicted molar refractivity (Wildman–Crippen MR) is 111 cm³/mol. The highest BCUT2D eigenvalue weighted by atomic mass is 16.5. The number of para-hydroxylation sites is 1. The maximum absolute atomic E-state index is 11.8. The third kappa shape index (κ3) is 6.34. The molecule has 0 amide bonds. The van der Waals surface area contributed by atoms with Gasteiger partial charge in [-0.05, 0) is 23.3 Å². The van der Waals surface area contributed by atoms with Gasteiger partial charge in [-0.2, -0.15) is 0 Å². The number of hydrogen-bond acceptors (Lipinski definition) is 4. The molecule has 0 spiro atoms. The van der Waals surface area contributed by atoms with Gasteiger partial charge in [0.1, 0.15) is 6.10 Å². The summed E-state index contributed by atoms with van der Waals surface area (Å²) in [5, 5.41) is 3.37. The molecule has 0 saturated heterocycles. The lowest BCUT2D eigenvalue weighted by atomic mass is 10.1. The lowest BCUT2D eigenvalue weighted by molar-refractivity contribution is -0.121. The first-order chi connectivity index (χ1) is 13.8. The van der Waals surface area contributed by atoms with Crippen LogP contribution >= 0.6 is 0 Å². The Hall–Kier alpha value is -2.95. The molecule has 0 aliphatic rings. The number of anilines is 1. The van der Waals surface area contributed by atoms with E-state index in [1.807, 2.05) is 91.0 Å². The molecule has 28 heavy (non-hydrogen) atoms. The fourth-order valence-electron chi connectivity index (χ4n) is 2.86. The lowest BCUT2D eigenvalue weighted by Crippen LogP contribution is -2.40. The molecule has 144 valence electrons. The molecule has 0 heterocycles. The average molecular weight is 375 g/mol. The van der Waals surface area contributed by atoms with Gasteiger partial charge in [-0.25, -0.2) is 0 Å². The van der Waals surface area contributed by atoms with Gasteiger partial charge in [0.05, 0.1) is 25.9 Å². The summed E-state index contributed by atoms with van der Waals surface area (Å²) >= 11 is 0. The molecule has 3 aromatic carbocycles. The van der Waals surface area contributed by atoms with E-state index >= 15 is 0 Å². The molecule has 0 bridgehead atoms. The number of rotatable bonds is 11. The minimum atomic E-state index is -0.629. The summed E-state index contributed by atoms with van der Waals surface area (Å²) in [5.41, 5.74) is 3.04. The summed E-state index contributed by atoms with van der Waals surface area (Å²) in [4.78, 5) is 11.8. The van der Waals surface area contributed by atoms with Crippen LogP contribution in [0.1, 0.15) is 11.1 Å². The maximum Gasteiger partial charge on any atom is 0.150 e. The topological polar surface area (TPSA) is 47.6 Å². The van der Waals surface area contributed by atoms with Gasteiger partial charge in [0.2, 0.25) is 0 Å². The highest BCUT2D eigenvalue weighted by Crippen LogP contribution is 2.13. The molecule has 0 aliphatic heterocycles. The summed E-state index contributed by atoms with van der Waals surface area (Å²) in [6, 6.07) is 29.3. The summed E-state index contributed by atoms with van der Waals surface area (Å²) in [5.74, 6) is 0. The largest absolute Gasteiger partial charge is 0.377 e. The fraction of sp³-hybridized carbons (Fsp3) is 0.208. The Morgan fingerprint density at radius 2 is 1.29 bits per heavy atom. The first-order valence-corrected chi connectivity index (χ1v) is 9.39. The fourth-order valence-corrected chi connectivity index (χ4v) is 2.86. The normalized spacial score (nSPS) is 12.9. The molecular weight excluding hydrogens is 350 g/mol. The number of ether oxygens (including phenoxy) is 2. The van der Waals surface area contributed by atoms with E-state index in [0.29, 0.717) is 19.8 Å². The summed E-state index contributed by atoms with van der Waals surface area (Å²) in [6.45, 7) is 1.20. The van der Waals surface area contributed by atoms with E-state index in [1.54, 1.807) is 0 Å². The molecule has 0 aromatic heterocycles. The van der Waals surface area contributed by atoms with Gasteiger partial charge in [0, 0.05) is 5.69 Å². The number of aldehydes is 1. The molecule has 4 nitrogen and oxygen atoms in total. The second-order valence-electron chi connectivity index (χ2n) is 6.51. The van der Waals surface area contributed by atoms with Gasteiger partial charge in [-0.3, -0.25) is 0 Å². The minimum Gasteiger partial charge on any atom is -0.377 e. The van der Waals surface area contributed by atoms with Crippen molar-refractivity contribution >= 4 is 12.0 Å². The van der Waals surface area contributed by atoms with Crippen molar-refractivity contribution in [2.45, 2.75) is 25.4 Å². The second-order valence-corrected chi connectivity index (χ2v) is 6.51. The first-order valence-electron chi connectivity index (χ1n) is 9.39. The molecule has 2 atom stereocenters. The van der Waals surface area contributed by atoms with Crippen LogP contribution in [0.25, 0.3) is 0 Å². The zero-order valence-electron chi connectivity index (χ0n) is 15.7. The smallest absolute Gasteiger partial charge is 0.150 e. The van der Waals surface area contributed by atoms with Crippen LogP contribution in [0.15, 0.2) is 91.0 Å². The Balaban J connectivity index is 1.63. The highest BCUT2D eigenvalue weighted by molar-refractivity contribution is 5.59. The van der Waals surface area contributed by atoms with Gasteiger partial charge < -0.3 is 19.6 Å². The first kappa shape index (κ1) is 19.8. The van der Waals surface area contributed by atoms with E-state index in [4.69, 9.17) is 9.47 Å². The lowest BCUT2D eigenvalue weighted by Gasteiger charge is -2.25. The van der Waals surface area contributed by atoms with E-state index < -0.39 is 6.10 Å². The van der Waals surface area contributed by atoms with Crippen LogP contribution in [-0.4, -0.2) is 25.0 Å². The Labute approximate surface area is 166 Å². The SMILES string of the molecule is O=C[C@@H](OCc1ccccc1)[C@@H](COCc1ccccc1)Nc1ccccc1. The van der Waals surface area contributed by atoms with Crippen LogP contribution in [0.4, 0.5) is 5.69 Å². The Morgan fingerprint density at radius 1 is 0.750 bits per heavy atom. The van der Waals surface area contributed by atoms with Crippen LogP contribution in [0, 0.1) is 0 Å². The monoisotopic (exact) mass is 375 g/mol. The third-order valence-electron chi connectivity index (χ3n) is 4.35. The number of carbonyl (C=O) groups excluding carboxylic acids is 1. The van der Waals surface area contributed by atoms with Gasteiger partial charge in [-0.15, -0.1) is 0 Å². The van der Waals surface area contributed by atoms with E-state index in [1.165, 1.54) is 0 Å². The predicted octanol–water partition coefficient (Wildman–Crippen LogP) is 4.47. The van der Waals surface area contributed by atoms with Crippen molar-refractivity contribution < 1.29 is 14.3 Å². The van der Waals surface area contributed by atoms with Crippen molar-refractivity contribution in [3.8, 4) is 0 Å². The zero-order chi connectivity index (χ0) is 19.4. The molecule has 0 unspecified atom stereocenters. The molecule has 0 aliphatic carbocycles. The van der Waals surface area contributed by atoms with Crippen molar-refractivity contribution in [2.24, 2.45) is 0 Å². The molecule has 1 N–H and O–H groups in total. The quantitative estimate of drug-likeness (QED) is 0.503. The molecule has 0 radical (unpaired) electrons. The van der Waals surface area contributed by atoms with E-state index in [0.717, 1.165) is 23.1 Å². The highest BCUT2D eigenvalue weighted by Gasteiger charge is 2.22. The second kappa shape index (κ2) is 11.0. The van der Waals surface area contributed by atoms with Crippen LogP contribution in [-0.2, 0) is 27.5 Å². The van der Waals surface area contributed by atoms with Gasteiger partial charge in [0.25, 0.3) is 0 Å². The van der Waals surface area contributed by atoms with Crippen LogP contribution < -0.4 is 5.32 Å². The number of benzene rings is 3. The van der Waals surface area contributed by atoms with Gasteiger partial charge >= 0.3 is 0 Å². The Kier molecular flexibility index (Phi) is 7.79. The van der Waals surface area contributed by atoms with Crippen molar-refractivity contribution in [1.29, 1.82) is 0 Å². The molecule has 0 saturated carbocycles. The summed E-state index contributed by atoms with van der Waals surface area (Å²) < 4.78 is 11.8. The van der Waals surface area contributed by atoms with Crippen molar-refractivity contribution in [3.63, 3.8) is 0 Å². The van der Waals surface area contributed by atoms with Crippen LogP contribution in [0.3, 0.4) is 0 Å². The number of carbonyl (C=O) groups is 1.